The van der Waals surface area contributed by atoms with Crippen LogP contribution in [0.5, 0.6) is 5.75 Å². The highest BCUT2D eigenvalue weighted by molar-refractivity contribution is 6.05. The van der Waals surface area contributed by atoms with Gasteiger partial charge in [-0.2, -0.15) is 0 Å². The second-order valence-electron chi connectivity index (χ2n) is 8.22. The molecule has 3 amide bonds. The summed E-state index contributed by atoms with van der Waals surface area (Å²) < 4.78 is 25.5. The van der Waals surface area contributed by atoms with Gasteiger partial charge < -0.3 is 25.0 Å². The number of fused-ring (bicyclic) bond motifs is 2. The number of likely N-dealkylation sites (N-methyl/N-ethyl adjacent to an activating group) is 1. The van der Waals surface area contributed by atoms with E-state index in [0.717, 1.165) is 6.07 Å². The number of halogens is 1. The molecule has 1 saturated heterocycles. The molecule has 174 valence electrons. The Bertz CT molecular complexity index is 1080. The Morgan fingerprint density at radius 3 is 2.76 bits per heavy atom. The minimum atomic E-state index is -0.507. The fourth-order valence-electron chi connectivity index (χ4n) is 4.25. The van der Waals surface area contributed by atoms with Crippen molar-refractivity contribution < 1.29 is 28.2 Å². The largest absolute Gasteiger partial charge is 0.490 e. The van der Waals surface area contributed by atoms with Crippen molar-refractivity contribution in [2.24, 2.45) is 0 Å². The van der Waals surface area contributed by atoms with Crippen molar-refractivity contribution in [2.75, 3.05) is 26.0 Å². The summed E-state index contributed by atoms with van der Waals surface area (Å²) in [5.74, 6) is -0.952. The maximum absolute atomic E-state index is 13.4. The van der Waals surface area contributed by atoms with Crippen molar-refractivity contribution in [1.29, 1.82) is 0 Å². The lowest BCUT2D eigenvalue weighted by Crippen LogP contribution is -2.53. The molecule has 4 rings (SSSR count). The standard InChI is InChI=1S/C24H26FN3O5/c1-26-22(29)12-17-7-8-19-21(33-17)13-32-20-9-6-16(11-18(20)24(31)28(19)2)27-23(30)14-4-3-5-15(25)10-14/h3-6,9-11,17,19,21H,7-8,12-13H2,1-2H3,(H,26,29)(H,27,30)/t17-,19+,21-/m0/s1. The van der Waals surface area contributed by atoms with E-state index in [2.05, 4.69) is 10.6 Å². The summed E-state index contributed by atoms with van der Waals surface area (Å²) in [5, 5.41) is 5.30. The van der Waals surface area contributed by atoms with Gasteiger partial charge in [-0.1, -0.05) is 6.07 Å². The molecule has 33 heavy (non-hydrogen) atoms. The van der Waals surface area contributed by atoms with E-state index in [1.54, 1.807) is 37.2 Å². The second kappa shape index (κ2) is 9.58. The van der Waals surface area contributed by atoms with E-state index in [4.69, 9.17) is 9.47 Å². The minimum absolute atomic E-state index is 0.0900. The molecule has 2 aliphatic rings. The van der Waals surface area contributed by atoms with E-state index < -0.39 is 11.7 Å². The van der Waals surface area contributed by atoms with Gasteiger partial charge in [0.1, 0.15) is 24.3 Å². The summed E-state index contributed by atoms with van der Waals surface area (Å²) in [6, 6.07) is 9.98. The summed E-state index contributed by atoms with van der Waals surface area (Å²) in [4.78, 5) is 39.1. The normalized spacial score (nSPS) is 22.2. The predicted molar refractivity (Wildman–Crippen MR) is 119 cm³/mol. The highest BCUT2D eigenvalue weighted by Crippen LogP contribution is 2.32. The zero-order valence-electron chi connectivity index (χ0n) is 18.5. The fourth-order valence-corrected chi connectivity index (χ4v) is 4.25. The van der Waals surface area contributed by atoms with Gasteiger partial charge in [-0.05, 0) is 49.2 Å². The number of benzene rings is 2. The van der Waals surface area contributed by atoms with Crippen LogP contribution in [0, 0.1) is 5.82 Å². The average Bonchev–Trinajstić information content (AvgIpc) is 2.81. The van der Waals surface area contributed by atoms with Crippen molar-refractivity contribution >= 4 is 23.4 Å². The lowest BCUT2D eigenvalue weighted by molar-refractivity contribution is -0.133. The van der Waals surface area contributed by atoms with Gasteiger partial charge in [-0.15, -0.1) is 0 Å². The first-order valence-electron chi connectivity index (χ1n) is 10.8. The number of carbonyl (C=O) groups excluding carboxylic acids is 3. The SMILES string of the molecule is CNC(=O)C[C@@H]1CC[C@@H]2[C@H](COc3ccc(NC(=O)c4cccc(F)c4)cc3C(=O)N2C)O1. The molecule has 1 fully saturated rings. The van der Waals surface area contributed by atoms with E-state index in [1.165, 1.54) is 18.2 Å². The third-order valence-corrected chi connectivity index (χ3v) is 6.05. The number of anilines is 1. The van der Waals surface area contributed by atoms with Gasteiger partial charge in [0.2, 0.25) is 5.91 Å². The fraction of sp³-hybridized carbons (Fsp3) is 0.375. The second-order valence-corrected chi connectivity index (χ2v) is 8.22. The molecule has 0 aliphatic carbocycles. The monoisotopic (exact) mass is 455 g/mol. The van der Waals surface area contributed by atoms with E-state index in [9.17, 15) is 18.8 Å². The summed E-state index contributed by atoms with van der Waals surface area (Å²) in [6.07, 6.45) is 1.02. The van der Waals surface area contributed by atoms with Crippen LogP contribution >= 0.6 is 0 Å². The Hall–Kier alpha value is -3.46. The Morgan fingerprint density at radius 1 is 1.18 bits per heavy atom. The van der Waals surface area contributed by atoms with Crippen LogP contribution in [0.1, 0.15) is 40.0 Å². The first-order chi connectivity index (χ1) is 15.9. The molecule has 3 atom stereocenters. The number of hydrogen-bond donors (Lipinski definition) is 2. The number of nitrogens with one attached hydrogen (secondary N) is 2. The average molecular weight is 455 g/mol. The van der Waals surface area contributed by atoms with Crippen LogP contribution in [0.15, 0.2) is 42.5 Å². The number of nitrogens with zero attached hydrogens (tertiary/aromatic N) is 1. The molecule has 0 unspecified atom stereocenters. The first kappa shape index (κ1) is 22.7. The maximum Gasteiger partial charge on any atom is 0.257 e. The van der Waals surface area contributed by atoms with E-state index in [0.29, 0.717) is 29.8 Å². The summed E-state index contributed by atoms with van der Waals surface area (Å²) in [7, 11) is 3.31. The van der Waals surface area contributed by atoms with Crippen molar-refractivity contribution in [3.63, 3.8) is 0 Å². The first-order valence-corrected chi connectivity index (χ1v) is 10.8. The Morgan fingerprint density at radius 2 is 2.00 bits per heavy atom. The third kappa shape index (κ3) is 4.98. The molecule has 2 N–H and O–H groups in total. The number of hydrogen-bond acceptors (Lipinski definition) is 5. The van der Waals surface area contributed by atoms with E-state index in [-0.39, 0.29) is 48.7 Å². The van der Waals surface area contributed by atoms with Crippen molar-refractivity contribution in [3.05, 3.63) is 59.4 Å². The zero-order chi connectivity index (χ0) is 23.5. The Labute approximate surface area is 191 Å². The smallest absolute Gasteiger partial charge is 0.257 e. The highest BCUT2D eigenvalue weighted by atomic mass is 19.1. The van der Waals surface area contributed by atoms with Gasteiger partial charge in [0.15, 0.2) is 0 Å². The van der Waals surface area contributed by atoms with Crippen LogP contribution < -0.4 is 15.4 Å². The van der Waals surface area contributed by atoms with Gasteiger partial charge in [0, 0.05) is 25.3 Å². The van der Waals surface area contributed by atoms with Gasteiger partial charge >= 0.3 is 0 Å². The molecular formula is C24H26FN3O5. The van der Waals surface area contributed by atoms with Crippen LogP contribution in [-0.4, -0.2) is 61.6 Å². The van der Waals surface area contributed by atoms with Gasteiger partial charge in [-0.25, -0.2) is 4.39 Å². The van der Waals surface area contributed by atoms with Crippen molar-refractivity contribution in [2.45, 2.75) is 37.5 Å². The molecule has 0 saturated carbocycles. The number of ether oxygens (including phenoxy) is 2. The van der Waals surface area contributed by atoms with Crippen LogP contribution in [0.4, 0.5) is 10.1 Å². The van der Waals surface area contributed by atoms with Gasteiger partial charge in [0.25, 0.3) is 11.8 Å². The maximum atomic E-state index is 13.4. The summed E-state index contributed by atoms with van der Waals surface area (Å²) in [6.45, 7) is 0.231. The third-order valence-electron chi connectivity index (χ3n) is 6.05. The molecule has 2 heterocycles. The van der Waals surface area contributed by atoms with Crippen molar-refractivity contribution in [3.8, 4) is 5.75 Å². The summed E-state index contributed by atoms with van der Waals surface area (Å²) in [5.41, 5.74) is 0.895. The zero-order valence-corrected chi connectivity index (χ0v) is 18.5. The molecule has 0 radical (unpaired) electrons. The van der Waals surface area contributed by atoms with Crippen molar-refractivity contribution in [1.82, 2.24) is 10.2 Å². The molecule has 0 spiro atoms. The van der Waals surface area contributed by atoms with E-state index in [1.807, 2.05) is 0 Å². The molecule has 2 aromatic carbocycles. The Kier molecular flexibility index (Phi) is 6.60. The highest BCUT2D eigenvalue weighted by Gasteiger charge is 2.39. The number of carbonyl (C=O) groups is 3. The van der Waals surface area contributed by atoms with Gasteiger partial charge in [-0.3, -0.25) is 14.4 Å². The topological polar surface area (TPSA) is 97.0 Å². The van der Waals surface area contributed by atoms with Gasteiger partial charge in [0.05, 0.1) is 24.1 Å². The van der Waals surface area contributed by atoms with Crippen LogP contribution in [0.3, 0.4) is 0 Å². The molecule has 0 aromatic heterocycles. The van der Waals surface area contributed by atoms with Crippen LogP contribution in [0.2, 0.25) is 0 Å². The lowest BCUT2D eigenvalue weighted by Gasteiger charge is -2.42. The predicted octanol–water partition coefficient (Wildman–Crippen LogP) is 2.59. The molecule has 9 heteroatoms. The summed E-state index contributed by atoms with van der Waals surface area (Å²) >= 11 is 0. The minimum Gasteiger partial charge on any atom is -0.490 e. The molecule has 2 aromatic rings. The molecule has 2 aliphatic heterocycles. The number of rotatable bonds is 4. The number of amides is 3. The van der Waals surface area contributed by atoms with Crippen LogP contribution in [-0.2, 0) is 9.53 Å². The molecule has 0 bridgehead atoms. The molecule has 8 nitrogen and oxygen atoms in total. The lowest BCUT2D eigenvalue weighted by atomic mass is 9.94. The Balaban J connectivity index is 1.52. The quantitative estimate of drug-likeness (QED) is 0.739. The van der Waals surface area contributed by atoms with E-state index >= 15 is 0 Å². The van der Waals surface area contributed by atoms with Crippen LogP contribution in [0.25, 0.3) is 0 Å². The molecular weight excluding hydrogens is 429 g/mol.